The van der Waals surface area contributed by atoms with E-state index in [0.29, 0.717) is 18.2 Å². The summed E-state index contributed by atoms with van der Waals surface area (Å²) in [5.74, 6) is 0.908. The Labute approximate surface area is 154 Å². The number of nitrogens with zero attached hydrogens (tertiary/aromatic N) is 3. The van der Waals surface area contributed by atoms with Gasteiger partial charge >= 0.3 is 0 Å². The molecule has 0 atom stereocenters. The predicted octanol–water partition coefficient (Wildman–Crippen LogP) is 2.19. The van der Waals surface area contributed by atoms with Crippen molar-refractivity contribution in [1.29, 1.82) is 0 Å². The van der Waals surface area contributed by atoms with Gasteiger partial charge in [0, 0.05) is 25.3 Å². The maximum absolute atomic E-state index is 12.6. The van der Waals surface area contributed by atoms with Crippen LogP contribution in [0.1, 0.15) is 28.8 Å². The largest absolute Gasteiger partial charge is 0.497 e. The van der Waals surface area contributed by atoms with Gasteiger partial charge in [-0.3, -0.25) is 9.48 Å². The van der Waals surface area contributed by atoms with Crippen molar-refractivity contribution in [2.24, 2.45) is 0 Å². The number of hydrogen-bond donors (Lipinski definition) is 1. The van der Waals surface area contributed by atoms with E-state index >= 15 is 0 Å². The predicted molar refractivity (Wildman–Crippen MR) is 99.6 cm³/mol. The molecule has 1 aliphatic rings. The Morgan fingerprint density at radius 2 is 1.96 bits per heavy atom. The summed E-state index contributed by atoms with van der Waals surface area (Å²) in [4.78, 5) is 14.5. The number of ether oxygens (including phenoxy) is 1. The van der Waals surface area contributed by atoms with Crippen LogP contribution in [-0.4, -0.2) is 53.9 Å². The summed E-state index contributed by atoms with van der Waals surface area (Å²) in [6, 6.07) is 8.38. The highest BCUT2D eigenvalue weighted by Crippen LogP contribution is 2.15. The number of nitrogens with one attached hydrogen (secondary N) is 1. The number of aromatic nitrogens is 2. The molecule has 7 heteroatoms. The molecule has 2 heterocycles. The number of benzene rings is 1. The summed E-state index contributed by atoms with van der Waals surface area (Å²) in [5, 5.41) is 7.61. The fourth-order valence-electron chi connectivity index (χ4n) is 3.03. The second kappa shape index (κ2) is 8.87. The first-order chi connectivity index (χ1) is 11.7. The summed E-state index contributed by atoms with van der Waals surface area (Å²) >= 11 is 0. The molecule has 136 valence electrons. The van der Waals surface area contributed by atoms with Crippen LogP contribution >= 0.6 is 12.4 Å². The zero-order valence-corrected chi connectivity index (χ0v) is 15.5. The minimum atomic E-state index is 0. The molecule has 1 saturated heterocycles. The number of rotatable bonds is 5. The summed E-state index contributed by atoms with van der Waals surface area (Å²) < 4.78 is 6.96. The minimum absolute atomic E-state index is 0. The van der Waals surface area contributed by atoms with E-state index in [0.717, 1.165) is 37.2 Å². The maximum Gasteiger partial charge on any atom is 0.257 e. The lowest BCUT2D eigenvalue weighted by molar-refractivity contribution is 0.0707. The van der Waals surface area contributed by atoms with Gasteiger partial charge in [-0.2, -0.15) is 5.10 Å². The Kier molecular flexibility index (Phi) is 6.84. The van der Waals surface area contributed by atoms with Crippen LogP contribution in [0.4, 0.5) is 0 Å². The lowest BCUT2D eigenvalue weighted by Gasteiger charge is -2.31. The van der Waals surface area contributed by atoms with Crippen molar-refractivity contribution in [2.45, 2.75) is 25.4 Å². The van der Waals surface area contributed by atoms with Crippen molar-refractivity contribution < 1.29 is 9.53 Å². The third-order valence-electron chi connectivity index (χ3n) is 4.57. The van der Waals surface area contributed by atoms with Gasteiger partial charge in [0.1, 0.15) is 5.75 Å². The Hall–Kier alpha value is -2.05. The van der Waals surface area contributed by atoms with E-state index in [2.05, 4.69) is 10.4 Å². The number of hydrogen-bond acceptors (Lipinski definition) is 4. The molecule has 0 aliphatic carbocycles. The number of amides is 1. The molecular formula is C18H25ClN4O2. The average Bonchev–Trinajstić information content (AvgIpc) is 3.10. The van der Waals surface area contributed by atoms with Crippen LogP contribution in [-0.2, 0) is 6.54 Å². The summed E-state index contributed by atoms with van der Waals surface area (Å²) in [5.41, 5.74) is 1.78. The van der Waals surface area contributed by atoms with Crippen molar-refractivity contribution in [3.63, 3.8) is 0 Å². The second-order valence-electron chi connectivity index (χ2n) is 6.13. The molecule has 1 amide bonds. The highest BCUT2D eigenvalue weighted by atomic mass is 35.5. The van der Waals surface area contributed by atoms with E-state index in [9.17, 15) is 4.79 Å². The maximum atomic E-state index is 12.6. The normalized spacial score (nSPS) is 14.9. The standard InChI is InChI=1S/C18H24N4O2.ClH/c1-19-16-7-9-21(10-8-16)18(23)15-11-20-22(13-15)12-14-3-5-17(24-2)6-4-14;/h3-6,11,13,16,19H,7-10,12H2,1-2H3;1H. The van der Waals surface area contributed by atoms with E-state index in [1.165, 1.54) is 0 Å². The quantitative estimate of drug-likeness (QED) is 0.883. The fraction of sp³-hybridized carbons (Fsp3) is 0.444. The first-order valence-corrected chi connectivity index (χ1v) is 8.31. The van der Waals surface area contributed by atoms with Crippen LogP contribution < -0.4 is 10.1 Å². The van der Waals surface area contributed by atoms with Crippen molar-refractivity contribution in [3.8, 4) is 5.75 Å². The van der Waals surface area contributed by atoms with E-state index in [1.807, 2.05) is 42.4 Å². The minimum Gasteiger partial charge on any atom is -0.497 e. The molecule has 1 aromatic heterocycles. The highest BCUT2D eigenvalue weighted by molar-refractivity contribution is 5.93. The average molecular weight is 365 g/mol. The third-order valence-corrected chi connectivity index (χ3v) is 4.57. The lowest BCUT2D eigenvalue weighted by atomic mass is 10.0. The van der Waals surface area contributed by atoms with Gasteiger partial charge in [0.15, 0.2) is 0 Å². The number of halogens is 1. The van der Waals surface area contributed by atoms with Gasteiger partial charge in [-0.1, -0.05) is 12.1 Å². The molecule has 0 spiro atoms. The van der Waals surface area contributed by atoms with Gasteiger partial charge in [-0.25, -0.2) is 0 Å². The number of piperidine rings is 1. The Morgan fingerprint density at radius 3 is 2.56 bits per heavy atom. The topological polar surface area (TPSA) is 59.4 Å². The Morgan fingerprint density at radius 1 is 1.28 bits per heavy atom. The highest BCUT2D eigenvalue weighted by Gasteiger charge is 2.23. The molecule has 0 saturated carbocycles. The molecule has 3 rings (SSSR count). The number of carbonyl (C=O) groups excluding carboxylic acids is 1. The van der Waals surface area contributed by atoms with E-state index < -0.39 is 0 Å². The molecule has 2 aromatic rings. The molecule has 1 aliphatic heterocycles. The third kappa shape index (κ3) is 4.74. The zero-order valence-electron chi connectivity index (χ0n) is 14.6. The lowest BCUT2D eigenvalue weighted by Crippen LogP contribution is -2.43. The van der Waals surface area contributed by atoms with Crippen LogP contribution in [0.5, 0.6) is 5.75 Å². The molecule has 1 fully saturated rings. The molecule has 1 N–H and O–H groups in total. The zero-order chi connectivity index (χ0) is 16.9. The molecule has 6 nitrogen and oxygen atoms in total. The second-order valence-corrected chi connectivity index (χ2v) is 6.13. The van der Waals surface area contributed by atoms with Crippen LogP contribution in [0, 0.1) is 0 Å². The number of methoxy groups -OCH3 is 1. The molecule has 0 radical (unpaired) electrons. The van der Waals surface area contributed by atoms with Crippen LogP contribution in [0.2, 0.25) is 0 Å². The van der Waals surface area contributed by atoms with E-state index in [1.54, 1.807) is 18.0 Å². The Bertz CT molecular complexity index is 679. The van der Waals surface area contributed by atoms with Gasteiger partial charge < -0.3 is 15.0 Å². The molecule has 0 unspecified atom stereocenters. The summed E-state index contributed by atoms with van der Waals surface area (Å²) in [6.07, 6.45) is 5.50. The Balaban J connectivity index is 0.00000225. The van der Waals surface area contributed by atoms with Crippen molar-refractivity contribution in [1.82, 2.24) is 20.0 Å². The van der Waals surface area contributed by atoms with Crippen LogP contribution in [0.15, 0.2) is 36.7 Å². The van der Waals surface area contributed by atoms with Crippen LogP contribution in [0.3, 0.4) is 0 Å². The monoisotopic (exact) mass is 364 g/mol. The van der Waals surface area contributed by atoms with E-state index in [-0.39, 0.29) is 18.3 Å². The van der Waals surface area contributed by atoms with Gasteiger partial charge in [0.05, 0.1) is 25.4 Å². The smallest absolute Gasteiger partial charge is 0.257 e. The van der Waals surface area contributed by atoms with E-state index in [4.69, 9.17) is 4.74 Å². The fourth-order valence-corrected chi connectivity index (χ4v) is 3.03. The van der Waals surface area contributed by atoms with Gasteiger partial charge in [-0.15, -0.1) is 12.4 Å². The van der Waals surface area contributed by atoms with Crippen molar-refractivity contribution >= 4 is 18.3 Å². The van der Waals surface area contributed by atoms with Crippen molar-refractivity contribution in [3.05, 3.63) is 47.8 Å². The molecule has 25 heavy (non-hydrogen) atoms. The molecule has 0 bridgehead atoms. The molecule has 1 aromatic carbocycles. The first-order valence-electron chi connectivity index (χ1n) is 8.31. The van der Waals surface area contributed by atoms with Gasteiger partial charge in [-0.05, 0) is 37.6 Å². The number of likely N-dealkylation sites (tertiary alicyclic amines) is 1. The number of carbonyl (C=O) groups is 1. The van der Waals surface area contributed by atoms with Gasteiger partial charge in [0.25, 0.3) is 5.91 Å². The van der Waals surface area contributed by atoms with Gasteiger partial charge in [0.2, 0.25) is 0 Å². The van der Waals surface area contributed by atoms with Crippen LogP contribution in [0.25, 0.3) is 0 Å². The SMILES string of the molecule is CNC1CCN(C(=O)c2cnn(Cc3ccc(OC)cc3)c2)CC1.Cl. The summed E-state index contributed by atoms with van der Waals surface area (Å²) in [6.45, 7) is 2.24. The summed E-state index contributed by atoms with van der Waals surface area (Å²) in [7, 11) is 3.63. The molecular weight excluding hydrogens is 340 g/mol. The first kappa shape index (κ1) is 19.3. The van der Waals surface area contributed by atoms with Crippen molar-refractivity contribution in [2.75, 3.05) is 27.2 Å².